The van der Waals surface area contributed by atoms with Crippen LogP contribution in [0.15, 0.2) is 24.3 Å². The van der Waals surface area contributed by atoms with Gasteiger partial charge in [-0.25, -0.2) is 0 Å². The van der Waals surface area contributed by atoms with Gasteiger partial charge in [0.05, 0.1) is 7.11 Å². The summed E-state index contributed by atoms with van der Waals surface area (Å²) in [5, 5.41) is 12.6. The molecule has 0 aliphatic heterocycles. The smallest absolute Gasteiger partial charge is 0.118 e. The first-order valence-corrected chi connectivity index (χ1v) is 6.12. The summed E-state index contributed by atoms with van der Waals surface area (Å²) in [6.07, 6.45) is 1.66. The van der Waals surface area contributed by atoms with E-state index >= 15 is 0 Å². The normalized spacial score (nSPS) is 14.4. The third kappa shape index (κ3) is 4.36. The molecule has 1 unspecified atom stereocenters. The zero-order valence-electron chi connectivity index (χ0n) is 11.0. The van der Waals surface area contributed by atoms with Gasteiger partial charge in [-0.15, -0.1) is 0 Å². The Kier molecular flexibility index (Phi) is 5.45. The van der Waals surface area contributed by atoms with Gasteiger partial charge in [-0.3, -0.25) is 0 Å². The maximum Gasteiger partial charge on any atom is 0.118 e. The van der Waals surface area contributed by atoms with Gasteiger partial charge in [0.15, 0.2) is 0 Å². The Morgan fingerprint density at radius 3 is 2.41 bits per heavy atom. The molecule has 0 aliphatic rings. The molecular formula is C14H23NO2. The monoisotopic (exact) mass is 237 g/mol. The molecule has 0 heterocycles. The van der Waals surface area contributed by atoms with E-state index in [9.17, 15) is 0 Å². The maximum atomic E-state index is 9.13. The minimum Gasteiger partial charge on any atom is -0.497 e. The lowest BCUT2D eigenvalue weighted by Crippen LogP contribution is -2.45. The molecule has 0 saturated heterocycles. The lowest BCUT2D eigenvalue weighted by molar-refractivity contribution is 0.221. The van der Waals surface area contributed by atoms with Crippen molar-refractivity contribution in [3.8, 4) is 5.75 Å². The third-order valence-electron chi connectivity index (χ3n) is 3.02. The SMILES string of the molecule is CCNC(C)(CCO)Cc1ccc(OC)cc1. The quantitative estimate of drug-likeness (QED) is 0.762. The summed E-state index contributed by atoms with van der Waals surface area (Å²) in [4.78, 5) is 0. The van der Waals surface area contributed by atoms with Crippen molar-refractivity contribution in [2.75, 3.05) is 20.3 Å². The summed E-state index contributed by atoms with van der Waals surface area (Å²) in [5.74, 6) is 0.876. The number of aliphatic hydroxyl groups is 1. The fraction of sp³-hybridized carbons (Fsp3) is 0.571. The van der Waals surface area contributed by atoms with Gasteiger partial charge < -0.3 is 15.2 Å². The highest BCUT2D eigenvalue weighted by Gasteiger charge is 2.22. The second-order valence-corrected chi connectivity index (χ2v) is 4.59. The fourth-order valence-corrected chi connectivity index (χ4v) is 2.11. The van der Waals surface area contributed by atoms with Crippen molar-refractivity contribution in [1.29, 1.82) is 0 Å². The van der Waals surface area contributed by atoms with Gasteiger partial charge in [0, 0.05) is 12.1 Å². The van der Waals surface area contributed by atoms with E-state index in [4.69, 9.17) is 9.84 Å². The second kappa shape index (κ2) is 6.62. The van der Waals surface area contributed by atoms with E-state index in [0.717, 1.165) is 25.1 Å². The fourth-order valence-electron chi connectivity index (χ4n) is 2.11. The number of benzene rings is 1. The third-order valence-corrected chi connectivity index (χ3v) is 3.02. The van der Waals surface area contributed by atoms with E-state index < -0.39 is 0 Å². The van der Waals surface area contributed by atoms with Crippen LogP contribution in [0.4, 0.5) is 0 Å². The van der Waals surface area contributed by atoms with Gasteiger partial charge in [0.25, 0.3) is 0 Å². The molecule has 1 atom stereocenters. The molecule has 0 radical (unpaired) electrons. The highest BCUT2D eigenvalue weighted by molar-refractivity contribution is 5.28. The van der Waals surface area contributed by atoms with E-state index in [1.807, 2.05) is 12.1 Å². The lowest BCUT2D eigenvalue weighted by atomic mass is 9.89. The summed E-state index contributed by atoms with van der Waals surface area (Å²) in [5.41, 5.74) is 1.21. The van der Waals surface area contributed by atoms with Crippen LogP contribution in [0.25, 0.3) is 0 Å². The van der Waals surface area contributed by atoms with Crippen LogP contribution >= 0.6 is 0 Å². The zero-order chi connectivity index (χ0) is 12.7. The van der Waals surface area contributed by atoms with Gasteiger partial charge >= 0.3 is 0 Å². The molecule has 3 heteroatoms. The van der Waals surface area contributed by atoms with Gasteiger partial charge in [0.1, 0.15) is 5.75 Å². The van der Waals surface area contributed by atoms with Gasteiger partial charge in [-0.2, -0.15) is 0 Å². The largest absolute Gasteiger partial charge is 0.497 e. The first kappa shape index (κ1) is 14.0. The Morgan fingerprint density at radius 1 is 1.29 bits per heavy atom. The molecule has 96 valence electrons. The minimum absolute atomic E-state index is 0.0436. The van der Waals surface area contributed by atoms with Crippen LogP contribution in [0.3, 0.4) is 0 Å². The van der Waals surface area contributed by atoms with Gasteiger partial charge in [0.2, 0.25) is 0 Å². The number of ether oxygens (including phenoxy) is 1. The molecule has 2 N–H and O–H groups in total. The minimum atomic E-state index is -0.0436. The topological polar surface area (TPSA) is 41.5 Å². The van der Waals surface area contributed by atoms with Crippen molar-refractivity contribution >= 4 is 0 Å². The van der Waals surface area contributed by atoms with Crippen molar-refractivity contribution in [3.63, 3.8) is 0 Å². The van der Waals surface area contributed by atoms with Crippen LogP contribution in [0.5, 0.6) is 5.75 Å². The van der Waals surface area contributed by atoms with Crippen LogP contribution < -0.4 is 10.1 Å². The molecule has 0 fully saturated rings. The number of nitrogens with one attached hydrogen (secondary N) is 1. The van der Waals surface area contributed by atoms with Crippen molar-refractivity contribution < 1.29 is 9.84 Å². The average Bonchev–Trinajstić information content (AvgIpc) is 2.30. The highest BCUT2D eigenvalue weighted by Crippen LogP contribution is 2.19. The molecule has 0 aliphatic carbocycles. The Hall–Kier alpha value is -1.06. The number of likely N-dealkylation sites (N-methyl/N-ethyl adjacent to an activating group) is 1. The number of hydrogen-bond donors (Lipinski definition) is 2. The molecule has 0 saturated carbocycles. The zero-order valence-corrected chi connectivity index (χ0v) is 11.0. The molecule has 3 nitrogen and oxygen atoms in total. The molecule has 17 heavy (non-hydrogen) atoms. The molecule has 1 aromatic rings. The standard InChI is InChI=1S/C14H23NO2/c1-4-15-14(2,9-10-16)11-12-5-7-13(17-3)8-6-12/h5-8,15-16H,4,9-11H2,1-3H3. The maximum absolute atomic E-state index is 9.13. The van der Waals surface area contributed by atoms with Crippen molar-refractivity contribution in [3.05, 3.63) is 29.8 Å². The Labute approximate surface area is 104 Å². The van der Waals surface area contributed by atoms with E-state index in [2.05, 4.69) is 31.3 Å². The summed E-state index contributed by atoms with van der Waals surface area (Å²) in [7, 11) is 1.67. The molecule has 1 aromatic carbocycles. The number of methoxy groups -OCH3 is 1. The first-order chi connectivity index (χ1) is 8.13. The van der Waals surface area contributed by atoms with Crippen LogP contribution in [0.1, 0.15) is 25.8 Å². The Bertz CT molecular complexity index is 315. The second-order valence-electron chi connectivity index (χ2n) is 4.59. The molecule has 0 aromatic heterocycles. The first-order valence-electron chi connectivity index (χ1n) is 6.12. The van der Waals surface area contributed by atoms with Gasteiger partial charge in [-0.05, 0) is 44.0 Å². The highest BCUT2D eigenvalue weighted by atomic mass is 16.5. The molecule has 0 spiro atoms. The molecule has 1 rings (SSSR count). The average molecular weight is 237 g/mol. The van der Waals surface area contributed by atoms with Crippen LogP contribution in [-0.4, -0.2) is 30.9 Å². The summed E-state index contributed by atoms with van der Waals surface area (Å²) >= 11 is 0. The number of rotatable bonds is 7. The van der Waals surface area contributed by atoms with Crippen molar-refractivity contribution in [2.24, 2.45) is 0 Å². The van der Waals surface area contributed by atoms with Crippen LogP contribution in [-0.2, 0) is 6.42 Å². The van der Waals surface area contributed by atoms with E-state index in [1.165, 1.54) is 5.56 Å². The summed E-state index contributed by atoms with van der Waals surface area (Å²) in [6.45, 7) is 5.35. The molecular weight excluding hydrogens is 214 g/mol. The predicted molar refractivity (Wildman–Crippen MR) is 70.5 cm³/mol. The van der Waals surface area contributed by atoms with Crippen LogP contribution in [0.2, 0.25) is 0 Å². The Balaban J connectivity index is 2.71. The molecule has 0 bridgehead atoms. The van der Waals surface area contributed by atoms with E-state index in [1.54, 1.807) is 7.11 Å². The summed E-state index contributed by atoms with van der Waals surface area (Å²) < 4.78 is 5.14. The van der Waals surface area contributed by atoms with Gasteiger partial charge in [-0.1, -0.05) is 19.1 Å². The summed E-state index contributed by atoms with van der Waals surface area (Å²) in [6, 6.07) is 8.10. The van der Waals surface area contributed by atoms with Crippen molar-refractivity contribution in [2.45, 2.75) is 32.2 Å². The van der Waals surface area contributed by atoms with E-state index in [0.29, 0.717) is 0 Å². The number of aliphatic hydroxyl groups excluding tert-OH is 1. The van der Waals surface area contributed by atoms with Crippen molar-refractivity contribution in [1.82, 2.24) is 5.32 Å². The predicted octanol–water partition coefficient (Wildman–Crippen LogP) is 1.99. The lowest BCUT2D eigenvalue weighted by Gasteiger charge is -2.30. The Morgan fingerprint density at radius 2 is 1.94 bits per heavy atom. The van der Waals surface area contributed by atoms with Crippen LogP contribution in [0, 0.1) is 0 Å². The molecule has 0 amide bonds. The van der Waals surface area contributed by atoms with E-state index in [-0.39, 0.29) is 12.1 Å². The number of hydrogen-bond acceptors (Lipinski definition) is 3.